The maximum absolute atomic E-state index is 11.1. The van der Waals surface area contributed by atoms with Gasteiger partial charge in [0, 0.05) is 6.07 Å². The van der Waals surface area contributed by atoms with E-state index in [0.717, 1.165) is 0 Å². The molecule has 1 aliphatic carbocycles. The van der Waals surface area contributed by atoms with Crippen LogP contribution >= 0.6 is 0 Å². The van der Waals surface area contributed by atoms with E-state index in [0.29, 0.717) is 24.8 Å². The molecular formula is C12H13NO5. The Balaban J connectivity index is 2.28. The van der Waals surface area contributed by atoms with E-state index in [1.54, 1.807) is 6.07 Å². The summed E-state index contributed by atoms with van der Waals surface area (Å²) in [5, 5.41) is 19.9. The van der Waals surface area contributed by atoms with Crippen LogP contribution in [0.25, 0.3) is 0 Å². The summed E-state index contributed by atoms with van der Waals surface area (Å²) in [6.07, 6.45) is 1.58. The van der Waals surface area contributed by atoms with Crippen molar-refractivity contribution < 1.29 is 19.6 Å². The Morgan fingerprint density at radius 3 is 2.67 bits per heavy atom. The third-order valence-corrected chi connectivity index (χ3v) is 3.29. The van der Waals surface area contributed by atoms with Gasteiger partial charge in [-0.3, -0.25) is 14.9 Å². The average Bonchev–Trinajstić information content (AvgIpc) is 3.10. The van der Waals surface area contributed by atoms with Gasteiger partial charge in [0.05, 0.1) is 17.4 Å². The number of carboxylic acid groups (broad SMARTS) is 1. The van der Waals surface area contributed by atoms with E-state index in [1.807, 2.05) is 0 Å². The van der Waals surface area contributed by atoms with Crippen molar-refractivity contribution in [1.82, 2.24) is 0 Å². The highest BCUT2D eigenvalue weighted by molar-refractivity contribution is 5.78. The van der Waals surface area contributed by atoms with Gasteiger partial charge in [0.2, 0.25) is 0 Å². The molecule has 6 nitrogen and oxygen atoms in total. The van der Waals surface area contributed by atoms with Crippen LogP contribution in [0.1, 0.15) is 18.4 Å². The number of carbonyl (C=O) groups is 1. The molecule has 0 aromatic heterocycles. The zero-order valence-electron chi connectivity index (χ0n) is 9.88. The van der Waals surface area contributed by atoms with Crippen molar-refractivity contribution in [3.8, 4) is 5.75 Å². The third-order valence-electron chi connectivity index (χ3n) is 3.29. The molecule has 18 heavy (non-hydrogen) atoms. The van der Waals surface area contributed by atoms with E-state index in [1.165, 1.54) is 19.2 Å². The molecule has 1 aliphatic rings. The number of benzene rings is 1. The third kappa shape index (κ3) is 2.13. The Bertz CT molecular complexity index is 507. The number of ether oxygens (including phenoxy) is 1. The number of nitrogens with zero attached hydrogens (tertiary/aromatic N) is 1. The maximum Gasteiger partial charge on any atom is 0.311 e. The second-order valence-corrected chi connectivity index (χ2v) is 4.53. The van der Waals surface area contributed by atoms with Crippen LogP contribution in [0.3, 0.4) is 0 Å². The number of methoxy groups -OCH3 is 1. The Hall–Kier alpha value is -2.11. The predicted octanol–water partition coefficient (Wildman–Crippen LogP) is 2.01. The van der Waals surface area contributed by atoms with Gasteiger partial charge in [-0.15, -0.1) is 0 Å². The lowest BCUT2D eigenvalue weighted by Crippen LogP contribution is -2.17. The van der Waals surface area contributed by atoms with E-state index < -0.39 is 16.3 Å². The summed E-state index contributed by atoms with van der Waals surface area (Å²) in [5.41, 5.74) is -0.193. The van der Waals surface area contributed by atoms with Gasteiger partial charge in [-0.2, -0.15) is 0 Å². The molecule has 0 amide bonds. The first-order valence-electron chi connectivity index (χ1n) is 5.53. The number of nitro groups is 1. The smallest absolute Gasteiger partial charge is 0.311 e. The van der Waals surface area contributed by atoms with E-state index in [9.17, 15) is 14.9 Å². The number of hydrogen-bond acceptors (Lipinski definition) is 4. The predicted molar refractivity (Wildman–Crippen MR) is 62.7 cm³/mol. The van der Waals surface area contributed by atoms with Gasteiger partial charge in [0.1, 0.15) is 0 Å². The zero-order chi connectivity index (χ0) is 13.3. The fourth-order valence-corrected chi connectivity index (χ4v) is 2.00. The monoisotopic (exact) mass is 251 g/mol. The van der Waals surface area contributed by atoms with Gasteiger partial charge in [0.15, 0.2) is 5.75 Å². The molecule has 1 aromatic rings. The van der Waals surface area contributed by atoms with Gasteiger partial charge in [-0.05, 0) is 30.9 Å². The minimum absolute atomic E-state index is 0.129. The lowest BCUT2D eigenvalue weighted by atomic mass is 9.96. The quantitative estimate of drug-likeness (QED) is 0.638. The van der Waals surface area contributed by atoms with E-state index in [4.69, 9.17) is 9.84 Å². The number of nitro benzene ring substituents is 1. The largest absolute Gasteiger partial charge is 0.490 e. The van der Waals surface area contributed by atoms with E-state index in [2.05, 4.69) is 0 Å². The molecule has 0 aliphatic heterocycles. The Morgan fingerprint density at radius 2 is 2.22 bits per heavy atom. The molecule has 1 N–H and O–H groups in total. The topological polar surface area (TPSA) is 89.7 Å². The number of hydrogen-bond donors (Lipinski definition) is 1. The minimum atomic E-state index is -0.832. The van der Waals surface area contributed by atoms with Crippen LogP contribution < -0.4 is 4.74 Å². The van der Waals surface area contributed by atoms with Crippen molar-refractivity contribution in [3.63, 3.8) is 0 Å². The van der Waals surface area contributed by atoms with Crippen LogP contribution in [0.2, 0.25) is 0 Å². The van der Waals surface area contributed by atoms with Gasteiger partial charge >= 0.3 is 11.7 Å². The van der Waals surface area contributed by atoms with E-state index in [-0.39, 0.29) is 11.4 Å². The van der Waals surface area contributed by atoms with Crippen LogP contribution in [-0.2, 0) is 11.2 Å². The molecule has 1 fully saturated rings. The van der Waals surface area contributed by atoms with Crippen molar-refractivity contribution >= 4 is 11.7 Å². The molecule has 1 saturated carbocycles. The summed E-state index contributed by atoms with van der Waals surface area (Å²) in [4.78, 5) is 21.4. The summed E-state index contributed by atoms with van der Waals surface area (Å²) >= 11 is 0. The summed E-state index contributed by atoms with van der Waals surface area (Å²) < 4.78 is 4.90. The lowest BCUT2D eigenvalue weighted by molar-refractivity contribution is -0.385. The summed E-state index contributed by atoms with van der Waals surface area (Å²) in [7, 11) is 1.36. The second-order valence-electron chi connectivity index (χ2n) is 4.53. The summed E-state index contributed by atoms with van der Waals surface area (Å²) in [6, 6.07) is 4.57. The normalized spacial score (nSPS) is 16.1. The zero-order valence-corrected chi connectivity index (χ0v) is 9.88. The van der Waals surface area contributed by atoms with Gasteiger partial charge in [0.25, 0.3) is 0 Å². The SMILES string of the molecule is COc1ccc(CC2(C(=O)O)CC2)cc1[N+](=O)[O-]. The Morgan fingerprint density at radius 1 is 1.56 bits per heavy atom. The van der Waals surface area contributed by atoms with Crippen molar-refractivity contribution in [3.05, 3.63) is 33.9 Å². The molecule has 0 radical (unpaired) electrons. The Labute approximate surface area is 103 Å². The first kappa shape index (κ1) is 12.3. The van der Waals surface area contributed by atoms with Crippen LogP contribution in [-0.4, -0.2) is 23.1 Å². The van der Waals surface area contributed by atoms with E-state index >= 15 is 0 Å². The van der Waals surface area contributed by atoms with Crippen LogP contribution in [0, 0.1) is 15.5 Å². The summed E-state index contributed by atoms with van der Waals surface area (Å²) in [5.74, 6) is -0.648. The molecule has 0 unspecified atom stereocenters. The Kier molecular flexibility index (Phi) is 2.94. The van der Waals surface area contributed by atoms with Crippen molar-refractivity contribution in [2.45, 2.75) is 19.3 Å². The molecule has 1 aromatic carbocycles. The fourth-order valence-electron chi connectivity index (χ4n) is 2.00. The molecule has 96 valence electrons. The van der Waals surface area contributed by atoms with Crippen LogP contribution in [0.15, 0.2) is 18.2 Å². The molecular weight excluding hydrogens is 238 g/mol. The first-order valence-corrected chi connectivity index (χ1v) is 5.53. The fraction of sp³-hybridized carbons (Fsp3) is 0.417. The first-order chi connectivity index (χ1) is 8.48. The standard InChI is InChI=1S/C12H13NO5/c1-18-10-3-2-8(6-9(10)13(16)17)7-12(4-5-12)11(14)15/h2-3,6H,4-5,7H2,1H3,(H,14,15). The number of rotatable bonds is 5. The summed E-state index contributed by atoms with van der Waals surface area (Å²) in [6.45, 7) is 0. The van der Waals surface area contributed by atoms with Crippen molar-refractivity contribution in [2.24, 2.45) is 5.41 Å². The highest BCUT2D eigenvalue weighted by Gasteiger charge is 2.50. The molecule has 0 saturated heterocycles. The minimum Gasteiger partial charge on any atom is -0.490 e. The molecule has 0 spiro atoms. The molecule has 6 heteroatoms. The highest BCUT2D eigenvalue weighted by atomic mass is 16.6. The maximum atomic E-state index is 11.1. The molecule has 0 bridgehead atoms. The van der Waals surface area contributed by atoms with Crippen molar-refractivity contribution in [2.75, 3.05) is 7.11 Å². The lowest BCUT2D eigenvalue weighted by Gasteiger charge is -2.10. The number of aliphatic carboxylic acids is 1. The van der Waals surface area contributed by atoms with Crippen LogP contribution in [0.5, 0.6) is 5.75 Å². The highest BCUT2D eigenvalue weighted by Crippen LogP contribution is 2.49. The number of carboxylic acids is 1. The van der Waals surface area contributed by atoms with Gasteiger partial charge in [-0.25, -0.2) is 0 Å². The molecule has 0 atom stereocenters. The average molecular weight is 251 g/mol. The van der Waals surface area contributed by atoms with Gasteiger partial charge < -0.3 is 9.84 Å². The van der Waals surface area contributed by atoms with Crippen molar-refractivity contribution in [1.29, 1.82) is 0 Å². The molecule has 2 rings (SSSR count). The van der Waals surface area contributed by atoms with Gasteiger partial charge in [-0.1, -0.05) is 6.07 Å². The second kappa shape index (κ2) is 4.29. The van der Waals surface area contributed by atoms with Crippen LogP contribution in [0.4, 0.5) is 5.69 Å². The molecule has 0 heterocycles.